The first kappa shape index (κ1) is 52.8. The summed E-state index contributed by atoms with van der Waals surface area (Å²) in [5.41, 5.74) is 0.808. The molecule has 6 rings (SSSR count). The third-order valence-corrected chi connectivity index (χ3v) is 14.6. The van der Waals surface area contributed by atoms with E-state index in [2.05, 4.69) is 0 Å². The lowest BCUT2D eigenvalue weighted by Crippen LogP contribution is -3.00. The molecule has 60 heavy (non-hydrogen) atoms. The zero-order valence-corrected chi connectivity index (χ0v) is 37.5. The number of esters is 2. The van der Waals surface area contributed by atoms with Crippen LogP contribution in [0.3, 0.4) is 0 Å². The summed E-state index contributed by atoms with van der Waals surface area (Å²) in [6.07, 6.45) is -1.30. The molecule has 1 aliphatic heterocycles. The molecule has 0 bridgehead atoms. The predicted octanol–water partition coefficient (Wildman–Crippen LogP) is 7.66. The van der Waals surface area contributed by atoms with Crippen LogP contribution in [0.15, 0.2) is 103 Å². The highest BCUT2D eigenvalue weighted by Gasteiger charge is 2.47. The zero-order chi connectivity index (χ0) is 43.2. The number of Topliss-reactive ketones (excluding diaryl/α,β-unsaturated/α-hetero) is 1. The van der Waals surface area contributed by atoms with Crippen LogP contribution in [0.25, 0.3) is 0 Å². The van der Waals surface area contributed by atoms with Crippen molar-refractivity contribution in [1.82, 2.24) is 0 Å². The van der Waals surface area contributed by atoms with Gasteiger partial charge in [-0.15, -0.1) is 0 Å². The molecule has 14 heteroatoms. The summed E-state index contributed by atoms with van der Waals surface area (Å²) < 4.78 is 90.1. The van der Waals surface area contributed by atoms with Gasteiger partial charge in [0.05, 0.1) is 44.1 Å². The molecule has 0 radical (unpaired) electrons. The fourth-order valence-corrected chi connectivity index (χ4v) is 11.4. The average molecular weight is 979 g/mol. The van der Waals surface area contributed by atoms with E-state index >= 15 is 0 Å². The summed E-state index contributed by atoms with van der Waals surface area (Å²) in [4.78, 5) is 33.4. The van der Waals surface area contributed by atoms with Gasteiger partial charge in [-0.2, -0.15) is 26.3 Å². The van der Waals surface area contributed by atoms with Crippen LogP contribution in [0.4, 0.5) is 26.3 Å². The van der Waals surface area contributed by atoms with Crippen LogP contribution in [0.2, 0.25) is 0 Å². The Morgan fingerprint density at radius 2 is 1.03 bits per heavy atom. The van der Waals surface area contributed by atoms with E-state index in [-0.39, 0.29) is 59.7 Å². The highest BCUT2D eigenvalue weighted by Crippen LogP contribution is 2.56. The maximum absolute atomic E-state index is 13.2. The molecule has 0 aromatic heterocycles. The van der Waals surface area contributed by atoms with Gasteiger partial charge in [-0.25, -0.2) is 0 Å². The van der Waals surface area contributed by atoms with E-state index in [0.29, 0.717) is 64.6 Å². The molecule has 3 fully saturated rings. The van der Waals surface area contributed by atoms with E-state index in [1.54, 1.807) is 13.8 Å². The average Bonchev–Trinajstić information content (AvgIpc) is 3.83. The standard InChI is InChI=1S/C21H19F3P.C12H17F3O2.C9H14O3.C4H8O.HI/c22-21(23,24)16-17-25(18-10-4-1-5-11-18,19-12-6-2-7-13-19)20-14-8-3-9-15-20;1-2-17-11(16)10-5-3-9(4-6-10)7-8-12(13,14)15;1-2-12-9(11)7-3-5-8(10)6-4-7;1-2-4-5-3-1;/h1-15H,16-17H2;7,10H,2-6,8H2,1H3;7H,2-6H2,1H3;1-4H2;1H/q+1;;;;/p-1. The van der Waals surface area contributed by atoms with Crippen LogP contribution in [-0.4, -0.2) is 62.7 Å². The summed E-state index contributed by atoms with van der Waals surface area (Å²) in [5, 5.41) is 2.95. The molecule has 2 aliphatic carbocycles. The lowest BCUT2D eigenvalue weighted by Gasteiger charge is -2.28. The van der Waals surface area contributed by atoms with Crippen molar-refractivity contribution in [3.05, 3.63) is 103 Å². The van der Waals surface area contributed by atoms with Crippen LogP contribution < -0.4 is 39.9 Å². The van der Waals surface area contributed by atoms with Gasteiger partial charge in [0.25, 0.3) is 0 Å². The van der Waals surface area contributed by atoms with Crippen molar-refractivity contribution in [2.45, 2.75) is 103 Å². The topological polar surface area (TPSA) is 78.9 Å². The van der Waals surface area contributed by atoms with Crippen molar-refractivity contribution in [2.75, 3.05) is 32.6 Å². The molecule has 3 aliphatic rings. The van der Waals surface area contributed by atoms with E-state index in [4.69, 9.17) is 14.2 Å². The van der Waals surface area contributed by atoms with Gasteiger partial charge < -0.3 is 38.2 Å². The Hall–Kier alpha value is -3.29. The Bertz CT molecular complexity index is 1580. The number of carbonyl (C=O) groups is 3. The molecule has 2 saturated carbocycles. The van der Waals surface area contributed by atoms with E-state index in [9.17, 15) is 40.7 Å². The number of hydrogen-bond donors (Lipinski definition) is 0. The lowest BCUT2D eigenvalue weighted by molar-refractivity contribution is -0.150. The second-order valence-corrected chi connectivity index (χ2v) is 18.1. The normalized spacial score (nSPS) is 16.9. The lowest BCUT2D eigenvalue weighted by atomic mass is 9.85. The summed E-state index contributed by atoms with van der Waals surface area (Å²) in [5.74, 6) is -0.247. The van der Waals surface area contributed by atoms with Gasteiger partial charge in [0.2, 0.25) is 0 Å². The number of halogens is 7. The minimum Gasteiger partial charge on any atom is -1.00 e. The maximum Gasteiger partial charge on any atom is 0.392 e. The number of ether oxygens (including phenoxy) is 3. The number of benzene rings is 3. The highest BCUT2D eigenvalue weighted by atomic mass is 127. The molecule has 0 spiro atoms. The largest absolute Gasteiger partial charge is 1.00 e. The van der Waals surface area contributed by atoms with Gasteiger partial charge in [-0.3, -0.25) is 14.4 Å². The van der Waals surface area contributed by atoms with E-state index in [0.717, 1.165) is 34.7 Å². The SMILES string of the molecule is C1CCOC1.CCOC(=O)C1CCC(=CCC(F)(F)F)CC1.CCOC(=O)C1CCC(=O)CC1.FC(F)(F)CC[P+](c1ccccc1)(c1ccccc1)c1ccccc1.[I-]. The van der Waals surface area contributed by atoms with Gasteiger partial charge in [-0.05, 0) is 102 Å². The Morgan fingerprint density at radius 1 is 0.650 bits per heavy atom. The highest BCUT2D eigenvalue weighted by molar-refractivity contribution is 7.95. The van der Waals surface area contributed by atoms with E-state index in [1.807, 2.05) is 91.0 Å². The number of rotatable bonds is 10. The Morgan fingerprint density at radius 3 is 1.35 bits per heavy atom. The summed E-state index contributed by atoms with van der Waals surface area (Å²) in [6, 6.07) is 28.9. The molecule has 0 amide bonds. The van der Waals surface area contributed by atoms with Crippen LogP contribution in [0, 0.1) is 11.8 Å². The first-order valence-electron chi connectivity index (χ1n) is 20.5. The van der Waals surface area contributed by atoms with E-state index in [1.165, 1.54) is 18.9 Å². The molecule has 0 atom stereocenters. The first-order valence-corrected chi connectivity index (χ1v) is 22.4. The predicted molar refractivity (Wildman–Crippen MR) is 222 cm³/mol. The van der Waals surface area contributed by atoms with Gasteiger partial charge in [0.15, 0.2) is 0 Å². The maximum atomic E-state index is 13.2. The summed E-state index contributed by atoms with van der Waals surface area (Å²) in [7, 11) is -2.37. The second-order valence-electron chi connectivity index (χ2n) is 14.5. The molecule has 3 aromatic rings. The number of ketones is 1. The van der Waals surface area contributed by atoms with Crippen LogP contribution in [0.5, 0.6) is 0 Å². The minimum atomic E-state index is -4.18. The first-order chi connectivity index (χ1) is 28.2. The monoisotopic (exact) mass is 978 g/mol. The number of hydrogen-bond acceptors (Lipinski definition) is 6. The molecule has 1 saturated heterocycles. The molecule has 0 N–H and O–H groups in total. The van der Waals surface area contributed by atoms with Crippen molar-refractivity contribution >= 4 is 40.9 Å². The fourth-order valence-electron chi connectivity index (χ4n) is 7.07. The van der Waals surface area contributed by atoms with Gasteiger partial charge in [0, 0.05) is 26.1 Å². The van der Waals surface area contributed by atoms with E-state index < -0.39 is 32.5 Å². The van der Waals surface area contributed by atoms with Crippen molar-refractivity contribution in [1.29, 1.82) is 0 Å². The zero-order valence-electron chi connectivity index (χ0n) is 34.5. The smallest absolute Gasteiger partial charge is 0.392 e. The third kappa shape index (κ3) is 19.2. The van der Waals surface area contributed by atoms with Crippen molar-refractivity contribution in [3.8, 4) is 0 Å². The Labute approximate surface area is 368 Å². The second kappa shape index (κ2) is 27.6. The van der Waals surface area contributed by atoms with Crippen molar-refractivity contribution in [3.63, 3.8) is 0 Å². The summed E-state index contributed by atoms with van der Waals surface area (Å²) in [6.45, 7) is 6.33. The van der Waals surface area contributed by atoms with Crippen molar-refractivity contribution in [2.24, 2.45) is 11.8 Å². The van der Waals surface area contributed by atoms with Crippen molar-refractivity contribution < 1.29 is 78.9 Å². The van der Waals surface area contributed by atoms with Gasteiger partial charge in [0.1, 0.15) is 29.0 Å². The Kier molecular flexibility index (Phi) is 24.3. The van der Waals surface area contributed by atoms with Gasteiger partial charge in [-0.1, -0.05) is 66.2 Å². The molecular weight excluding hydrogens is 920 g/mol. The quantitative estimate of drug-likeness (QED) is 0.0684. The molecule has 332 valence electrons. The summed E-state index contributed by atoms with van der Waals surface area (Å²) >= 11 is 0. The molecule has 3 aromatic carbocycles. The van der Waals surface area contributed by atoms with Crippen LogP contribution >= 0.6 is 7.26 Å². The number of allylic oxidation sites excluding steroid dienone is 2. The Balaban J connectivity index is 0.000000307. The fraction of sp³-hybridized carbons (Fsp3) is 0.500. The molecule has 6 nitrogen and oxygen atoms in total. The van der Waals surface area contributed by atoms with Crippen LogP contribution in [0.1, 0.15) is 90.9 Å². The number of carbonyl (C=O) groups excluding carboxylic acids is 3. The number of alkyl halides is 6. The van der Waals surface area contributed by atoms with Crippen LogP contribution in [-0.2, 0) is 28.6 Å². The third-order valence-electron chi connectivity index (χ3n) is 10.2. The minimum absolute atomic E-state index is 0. The molecule has 1 heterocycles. The molecular formula is C46H58F6IO6P. The molecule has 0 unspecified atom stereocenters. The van der Waals surface area contributed by atoms with Gasteiger partial charge >= 0.3 is 24.3 Å².